The molecule has 231 valence electrons. The van der Waals surface area contributed by atoms with E-state index in [0.29, 0.717) is 17.2 Å². The third kappa shape index (κ3) is 7.43. The maximum absolute atomic E-state index is 7.28. The number of thiophene rings is 1. The molecule has 0 spiro atoms. The first-order valence-electron chi connectivity index (χ1n) is 17.9. The summed E-state index contributed by atoms with van der Waals surface area (Å²) in [5.41, 5.74) is 9.89. The molecule has 2 nitrogen and oxygen atoms in total. The van der Waals surface area contributed by atoms with E-state index in [1.54, 1.807) is 12.1 Å². The van der Waals surface area contributed by atoms with Crippen LogP contribution in [-0.4, -0.2) is 9.97 Å². The van der Waals surface area contributed by atoms with Crippen molar-refractivity contribution < 1.29 is 28.3 Å². The van der Waals surface area contributed by atoms with Gasteiger partial charge in [-0.05, 0) is 56.4 Å². The summed E-state index contributed by atoms with van der Waals surface area (Å²) in [6.07, 6.45) is 3.22. The van der Waals surface area contributed by atoms with Gasteiger partial charge < -0.3 is 4.98 Å². The van der Waals surface area contributed by atoms with Crippen molar-refractivity contribution >= 4 is 21.4 Å². The molecule has 0 aliphatic heterocycles. The minimum atomic E-state index is -2.18. The number of nitrogens with zero attached hydrogens (tertiary/aromatic N) is 2. The normalized spacial score (nSPS) is 13.2. The molecule has 0 saturated carbocycles. The van der Waals surface area contributed by atoms with Crippen LogP contribution in [0, 0.1) is 32.8 Å². The fourth-order valence-corrected chi connectivity index (χ4v) is 6.47. The van der Waals surface area contributed by atoms with E-state index in [1.165, 1.54) is 67.2 Å². The Morgan fingerprint density at radius 3 is 2.09 bits per heavy atom. The number of rotatable bonds is 5. The number of hydrogen-bond acceptors (Lipinski definition) is 3. The molecule has 0 aliphatic carbocycles. The Morgan fingerprint density at radius 2 is 1.46 bits per heavy atom. The molecule has 4 heteroatoms. The van der Waals surface area contributed by atoms with Crippen molar-refractivity contribution in [1.82, 2.24) is 9.97 Å². The molecule has 1 radical (unpaired) electrons. The van der Waals surface area contributed by atoms with Crippen LogP contribution in [0.15, 0.2) is 122 Å². The van der Waals surface area contributed by atoms with Crippen molar-refractivity contribution in [2.75, 3.05) is 0 Å². The van der Waals surface area contributed by atoms with Crippen LogP contribution in [0.4, 0.5) is 0 Å². The fraction of sp³-hybridized carbons (Fsp3) is 0.143. The summed E-state index contributed by atoms with van der Waals surface area (Å²) < 4.78 is 44.9. The van der Waals surface area contributed by atoms with Crippen LogP contribution >= 0.6 is 11.3 Å². The minimum absolute atomic E-state index is 0. The van der Waals surface area contributed by atoms with Crippen molar-refractivity contribution in [3.05, 3.63) is 156 Å². The summed E-state index contributed by atoms with van der Waals surface area (Å²) in [7, 11) is 0. The summed E-state index contributed by atoms with van der Waals surface area (Å²) in [5.74, 6) is 0.464. The minimum Gasteiger partial charge on any atom is -0.304 e. The van der Waals surface area contributed by atoms with Gasteiger partial charge in [-0.25, -0.2) is 0 Å². The number of benzene rings is 4. The van der Waals surface area contributed by atoms with E-state index in [1.807, 2.05) is 17.5 Å². The number of hydrogen-bond donors (Lipinski definition) is 0. The smallest absolute Gasteiger partial charge is 0.0280 e. The molecule has 0 fully saturated rings. The van der Waals surface area contributed by atoms with E-state index in [2.05, 4.69) is 117 Å². The van der Waals surface area contributed by atoms with Crippen LogP contribution in [0.1, 0.15) is 50.2 Å². The van der Waals surface area contributed by atoms with Crippen LogP contribution in [0.25, 0.3) is 54.2 Å². The van der Waals surface area contributed by atoms with Gasteiger partial charge in [0.1, 0.15) is 0 Å². The van der Waals surface area contributed by atoms with Crippen molar-refractivity contribution in [3.63, 3.8) is 0 Å². The molecule has 7 rings (SSSR count). The molecule has 0 saturated heterocycles. The van der Waals surface area contributed by atoms with E-state index in [-0.39, 0.29) is 31.2 Å². The predicted molar refractivity (Wildman–Crippen MR) is 192 cm³/mol. The molecule has 4 aromatic carbocycles. The molecule has 0 bridgehead atoms. The molecule has 0 atom stereocenters. The van der Waals surface area contributed by atoms with Gasteiger partial charge in [0.05, 0.1) is 0 Å². The van der Waals surface area contributed by atoms with Gasteiger partial charge in [-0.15, -0.1) is 52.9 Å². The third-order valence-electron chi connectivity index (χ3n) is 7.64. The summed E-state index contributed by atoms with van der Waals surface area (Å²) in [5, 5.41) is 1.19. The quantitative estimate of drug-likeness (QED) is 0.162. The van der Waals surface area contributed by atoms with Gasteiger partial charge in [-0.1, -0.05) is 123 Å². The molecule has 3 aromatic heterocycles. The van der Waals surface area contributed by atoms with Crippen molar-refractivity contribution in [2.24, 2.45) is 0 Å². The first kappa shape index (κ1) is 25.9. The topological polar surface area (TPSA) is 25.8 Å². The van der Waals surface area contributed by atoms with Gasteiger partial charge in [0.15, 0.2) is 0 Å². The van der Waals surface area contributed by atoms with Crippen LogP contribution in [-0.2, 0) is 20.1 Å². The number of aromatic nitrogens is 2. The Morgan fingerprint density at radius 1 is 0.739 bits per heavy atom. The Kier molecular flexibility index (Phi) is 8.41. The molecule has 0 aliphatic rings. The zero-order chi connectivity index (χ0) is 36.3. The molecular formula is C42H36IrN2S-2. The van der Waals surface area contributed by atoms with Crippen molar-refractivity contribution in [2.45, 2.75) is 40.4 Å². The third-order valence-corrected chi connectivity index (χ3v) is 9.01. The van der Waals surface area contributed by atoms with Gasteiger partial charge in [0.25, 0.3) is 0 Å². The Bertz CT molecular complexity index is 2190. The van der Waals surface area contributed by atoms with Crippen molar-refractivity contribution in [1.29, 1.82) is 0 Å². The summed E-state index contributed by atoms with van der Waals surface area (Å²) in [4.78, 5) is 10.1. The second kappa shape index (κ2) is 14.9. The van der Waals surface area contributed by atoms with Crippen LogP contribution in [0.5, 0.6) is 0 Å². The average Bonchev–Trinajstić information content (AvgIpc) is 3.47. The molecule has 7 aromatic rings. The molecule has 0 amide bonds. The maximum Gasteiger partial charge on any atom is 0.0280 e. The standard InChI is InChI=1S/C29H24NS.C13H12N.Ir/c1-19(2)23-14-15-30-27(18-23)24-16-25-20(3)28(22-12-8-5-9-13-22)31-29(25)26(17-24)21-10-6-4-7-11-21;1-10-3-6-12(7-4-10)13-8-5-11(2)9-14-13;/h4-15,17-19H,1-3H3;3-6,8-9H,1-2H3;/q2*-1;/i;1D3,2D3;. The first-order valence-corrected chi connectivity index (χ1v) is 15.7. The molecule has 3 heterocycles. The fourth-order valence-electron chi connectivity index (χ4n) is 5.16. The van der Waals surface area contributed by atoms with Crippen LogP contribution in [0.2, 0.25) is 0 Å². The van der Waals surface area contributed by atoms with Crippen LogP contribution in [0.3, 0.4) is 0 Å². The average molecular weight is 799 g/mol. The maximum atomic E-state index is 7.28. The largest absolute Gasteiger partial charge is 0.304 e. The first-order chi connectivity index (χ1) is 24.3. The molecule has 46 heavy (non-hydrogen) atoms. The molecular weight excluding hydrogens is 757 g/mol. The van der Waals surface area contributed by atoms with Crippen molar-refractivity contribution in [3.8, 4) is 44.1 Å². The number of fused-ring (bicyclic) bond motifs is 1. The van der Waals surface area contributed by atoms with E-state index in [0.717, 1.165) is 11.3 Å². The molecule has 0 N–H and O–H groups in total. The van der Waals surface area contributed by atoms with E-state index in [9.17, 15) is 0 Å². The van der Waals surface area contributed by atoms with Gasteiger partial charge in [0.2, 0.25) is 0 Å². The van der Waals surface area contributed by atoms with Crippen LogP contribution < -0.4 is 0 Å². The van der Waals surface area contributed by atoms with Gasteiger partial charge >= 0.3 is 0 Å². The monoisotopic (exact) mass is 799 g/mol. The second-order valence-corrected chi connectivity index (χ2v) is 12.2. The molecule has 0 unspecified atom stereocenters. The summed E-state index contributed by atoms with van der Waals surface area (Å²) >= 11 is 1.86. The number of pyridine rings is 2. The Labute approximate surface area is 299 Å². The Hall–Kier alpha value is -4.21. The zero-order valence-electron chi connectivity index (χ0n) is 31.8. The SMILES string of the molecule is Cc1c(-c2ccccc2)sc2c(-c3ccccc3)cc(-c3cc(C(C)C)ccn3)[c-]c12.[2H]C([2H])([2H])c1c[c-]c(-c2ccc(C([2H])([2H])[2H])cn2)cc1.[Ir]. The summed E-state index contributed by atoms with van der Waals surface area (Å²) in [6.45, 7) is 2.31. The zero-order valence-corrected chi connectivity index (χ0v) is 29.0. The van der Waals surface area contributed by atoms with E-state index in [4.69, 9.17) is 13.2 Å². The Balaban J connectivity index is 0.000000217. The predicted octanol–water partition coefficient (Wildman–Crippen LogP) is 11.7. The van der Waals surface area contributed by atoms with Gasteiger partial charge in [-0.3, -0.25) is 4.98 Å². The van der Waals surface area contributed by atoms with Gasteiger partial charge in [0, 0.05) is 46.4 Å². The number of aryl methyl sites for hydroxylation is 3. The van der Waals surface area contributed by atoms with E-state index < -0.39 is 13.7 Å². The van der Waals surface area contributed by atoms with E-state index >= 15 is 0 Å². The van der Waals surface area contributed by atoms with Gasteiger partial charge in [-0.2, -0.15) is 11.3 Å². The second-order valence-electron chi connectivity index (χ2n) is 11.1. The summed E-state index contributed by atoms with van der Waals surface area (Å²) in [6, 6.07) is 42.0.